The van der Waals surface area contributed by atoms with Crippen LogP contribution in [0.25, 0.3) is 0 Å². The number of benzene rings is 2. The number of nitrogens with one attached hydrogen (secondary N) is 2. The van der Waals surface area contributed by atoms with Crippen molar-refractivity contribution in [1.82, 2.24) is 5.32 Å². The fourth-order valence-electron chi connectivity index (χ4n) is 2.87. The van der Waals surface area contributed by atoms with E-state index in [-0.39, 0.29) is 0 Å². The fourth-order valence-corrected chi connectivity index (χ4v) is 2.87. The van der Waals surface area contributed by atoms with Gasteiger partial charge in [-0.15, -0.1) is 0 Å². The predicted molar refractivity (Wildman–Crippen MR) is 85.1 cm³/mol. The van der Waals surface area contributed by atoms with Crippen molar-refractivity contribution < 1.29 is 0 Å². The number of fused-ring (bicyclic) bond motifs is 1. The molecule has 2 nitrogen and oxygen atoms in total. The van der Waals surface area contributed by atoms with Gasteiger partial charge in [0.1, 0.15) is 0 Å². The highest BCUT2D eigenvalue weighted by Gasteiger charge is 2.16. The minimum absolute atomic E-state index is 0.498. The van der Waals surface area contributed by atoms with Gasteiger partial charge in [-0.05, 0) is 42.5 Å². The van der Waals surface area contributed by atoms with Crippen LogP contribution in [0.4, 0.5) is 5.69 Å². The average molecular weight is 266 g/mol. The molecule has 0 radical (unpaired) electrons. The molecule has 0 fully saturated rings. The molecule has 2 aromatic rings. The van der Waals surface area contributed by atoms with E-state index in [1.165, 1.54) is 22.4 Å². The Balaban J connectivity index is 1.67. The second kappa shape index (κ2) is 6.10. The zero-order valence-corrected chi connectivity index (χ0v) is 12.0. The molecule has 1 unspecified atom stereocenters. The topological polar surface area (TPSA) is 24.1 Å². The van der Waals surface area contributed by atoms with Gasteiger partial charge in [0.25, 0.3) is 0 Å². The third-order valence-corrected chi connectivity index (χ3v) is 4.09. The monoisotopic (exact) mass is 266 g/mol. The number of hydrogen-bond donors (Lipinski definition) is 2. The minimum atomic E-state index is 0.498. The van der Waals surface area contributed by atoms with Crippen LogP contribution in [0.1, 0.15) is 23.1 Å². The van der Waals surface area contributed by atoms with Crippen molar-refractivity contribution in [2.45, 2.75) is 32.4 Å². The van der Waals surface area contributed by atoms with Gasteiger partial charge in [-0.2, -0.15) is 0 Å². The molecule has 2 aromatic carbocycles. The maximum absolute atomic E-state index is 3.71. The molecule has 20 heavy (non-hydrogen) atoms. The smallest absolute Gasteiger partial charge is 0.0391 e. The van der Waals surface area contributed by atoms with Gasteiger partial charge in [0, 0.05) is 24.8 Å². The van der Waals surface area contributed by atoms with Crippen LogP contribution in [0.2, 0.25) is 0 Å². The van der Waals surface area contributed by atoms with E-state index in [2.05, 4.69) is 66.1 Å². The lowest BCUT2D eigenvalue weighted by Crippen LogP contribution is -2.30. The Bertz CT molecular complexity index is 563. The normalized spacial score (nSPS) is 17.9. The zero-order valence-electron chi connectivity index (χ0n) is 12.0. The van der Waals surface area contributed by atoms with E-state index in [0.717, 1.165) is 25.9 Å². The Kier molecular flexibility index (Phi) is 4.03. The van der Waals surface area contributed by atoms with Crippen LogP contribution in [0.15, 0.2) is 48.5 Å². The van der Waals surface area contributed by atoms with Crippen molar-refractivity contribution in [3.63, 3.8) is 0 Å². The number of rotatable bonds is 3. The molecule has 1 heterocycles. The summed E-state index contributed by atoms with van der Waals surface area (Å²) in [7, 11) is 0. The summed E-state index contributed by atoms with van der Waals surface area (Å²) in [6, 6.07) is 17.8. The Morgan fingerprint density at radius 2 is 1.90 bits per heavy atom. The molecule has 1 aliphatic heterocycles. The van der Waals surface area contributed by atoms with Gasteiger partial charge in [-0.25, -0.2) is 0 Å². The van der Waals surface area contributed by atoms with Crippen LogP contribution < -0.4 is 10.6 Å². The molecule has 3 rings (SSSR count). The third-order valence-electron chi connectivity index (χ3n) is 4.09. The van der Waals surface area contributed by atoms with E-state index in [9.17, 15) is 0 Å². The van der Waals surface area contributed by atoms with Gasteiger partial charge in [-0.3, -0.25) is 0 Å². The van der Waals surface area contributed by atoms with E-state index in [4.69, 9.17) is 0 Å². The highest BCUT2D eigenvalue weighted by molar-refractivity contribution is 5.55. The molecule has 104 valence electrons. The van der Waals surface area contributed by atoms with E-state index < -0.39 is 0 Å². The average Bonchev–Trinajstić information content (AvgIpc) is 2.69. The zero-order chi connectivity index (χ0) is 13.8. The van der Waals surface area contributed by atoms with Gasteiger partial charge >= 0.3 is 0 Å². The standard InChI is InChI=1S/C18H22N2/c1-14-6-5-9-18-17(14)13-19-12-16(20-18)11-10-15-7-3-2-4-8-15/h2-9,16,19-20H,10-13H2,1H3. The quantitative estimate of drug-likeness (QED) is 0.888. The summed E-state index contributed by atoms with van der Waals surface area (Å²) in [5.74, 6) is 0. The first-order valence-corrected chi connectivity index (χ1v) is 7.42. The fraction of sp³-hybridized carbons (Fsp3) is 0.333. The van der Waals surface area contributed by atoms with Crippen LogP contribution in [0, 0.1) is 6.92 Å². The molecule has 0 aromatic heterocycles. The molecule has 2 N–H and O–H groups in total. The molecule has 0 saturated heterocycles. The largest absolute Gasteiger partial charge is 0.381 e. The van der Waals surface area contributed by atoms with Crippen molar-refractivity contribution in [1.29, 1.82) is 0 Å². The summed E-state index contributed by atoms with van der Waals surface area (Å²) in [4.78, 5) is 0. The Hall–Kier alpha value is -1.80. The van der Waals surface area contributed by atoms with Gasteiger partial charge < -0.3 is 10.6 Å². The molecule has 0 saturated carbocycles. The predicted octanol–water partition coefficient (Wildman–Crippen LogP) is 3.51. The van der Waals surface area contributed by atoms with Crippen LogP contribution in [-0.4, -0.2) is 12.6 Å². The van der Waals surface area contributed by atoms with Crippen LogP contribution in [0.3, 0.4) is 0 Å². The molecule has 0 spiro atoms. The minimum Gasteiger partial charge on any atom is -0.381 e. The first-order chi connectivity index (χ1) is 9.83. The van der Waals surface area contributed by atoms with Crippen LogP contribution in [0.5, 0.6) is 0 Å². The molecule has 1 aliphatic rings. The van der Waals surface area contributed by atoms with Crippen LogP contribution >= 0.6 is 0 Å². The summed E-state index contributed by atoms with van der Waals surface area (Å²) < 4.78 is 0. The molecule has 1 atom stereocenters. The molecule has 0 aliphatic carbocycles. The number of aryl methyl sites for hydroxylation is 2. The summed E-state index contributed by atoms with van der Waals surface area (Å²) in [5, 5.41) is 7.28. The molecule has 0 bridgehead atoms. The Morgan fingerprint density at radius 3 is 2.75 bits per heavy atom. The molecular weight excluding hydrogens is 244 g/mol. The second-order valence-corrected chi connectivity index (χ2v) is 5.60. The first kappa shape index (κ1) is 13.2. The number of hydrogen-bond acceptors (Lipinski definition) is 2. The highest BCUT2D eigenvalue weighted by Crippen LogP contribution is 2.23. The second-order valence-electron chi connectivity index (χ2n) is 5.60. The van der Waals surface area contributed by atoms with Gasteiger partial charge in [0.2, 0.25) is 0 Å². The summed E-state index contributed by atoms with van der Waals surface area (Å²) in [6.45, 7) is 4.18. The van der Waals surface area contributed by atoms with Crippen molar-refractivity contribution in [2.24, 2.45) is 0 Å². The van der Waals surface area contributed by atoms with Crippen molar-refractivity contribution in [3.8, 4) is 0 Å². The van der Waals surface area contributed by atoms with Gasteiger partial charge in [-0.1, -0.05) is 42.5 Å². The van der Waals surface area contributed by atoms with Crippen molar-refractivity contribution in [3.05, 3.63) is 65.2 Å². The van der Waals surface area contributed by atoms with Gasteiger partial charge in [0.05, 0.1) is 0 Å². The van der Waals surface area contributed by atoms with E-state index in [1.807, 2.05) is 0 Å². The summed E-state index contributed by atoms with van der Waals surface area (Å²) in [6.07, 6.45) is 2.28. The Labute approximate surface area is 121 Å². The third kappa shape index (κ3) is 3.02. The van der Waals surface area contributed by atoms with E-state index in [1.54, 1.807) is 0 Å². The lowest BCUT2D eigenvalue weighted by atomic mass is 10.0. The van der Waals surface area contributed by atoms with Crippen molar-refractivity contribution in [2.75, 3.05) is 11.9 Å². The summed E-state index contributed by atoms with van der Waals surface area (Å²) in [5.41, 5.74) is 5.50. The highest BCUT2D eigenvalue weighted by atomic mass is 15.0. The lowest BCUT2D eigenvalue weighted by Gasteiger charge is -2.18. The van der Waals surface area contributed by atoms with E-state index >= 15 is 0 Å². The first-order valence-electron chi connectivity index (χ1n) is 7.42. The van der Waals surface area contributed by atoms with Crippen molar-refractivity contribution >= 4 is 5.69 Å². The SMILES string of the molecule is Cc1cccc2c1CNCC(CCc1ccccc1)N2. The van der Waals surface area contributed by atoms with Crippen LogP contribution in [-0.2, 0) is 13.0 Å². The molecular formula is C18H22N2. The van der Waals surface area contributed by atoms with Gasteiger partial charge in [0.15, 0.2) is 0 Å². The Morgan fingerprint density at radius 1 is 1.05 bits per heavy atom. The maximum Gasteiger partial charge on any atom is 0.0391 e. The molecule has 2 heteroatoms. The number of anilines is 1. The molecule has 0 amide bonds. The van der Waals surface area contributed by atoms with E-state index in [0.29, 0.717) is 6.04 Å². The maximum atomic E-state index is 3.71. The lowest BCUT2D eigenvalue weighted by molar-refractivity contribution is 0.585. The summed E-state index contributed by atoms with van der Waals surface area (Å²) >= 11 is 0.